The molecule has 0 heterocycles. The minimum absolute atomic E-state index is 0.0591. The lowest BCUT2D eigenvalue weighted by atomic mass is 9.89. The number of nitrogens with one attached hydrogen (secondary N) is 1. The van der Waals surface area contributed by atoms with Crippen LogP contribution in [0.3, 0.4) is 0 Å². The molecule has 0 fully saturated rings. The number of halogens is 1. The van der Waals surface area contributed by atoms with Crippen molar-refractivity contribution >= 4 is 27.6 Å². The number of aliphatic hydroxyl groups excluding tert-OH is 1. The average Bonchev–Trinajstić information content (AvgIpc) is 2.36. The van der Waals surface area contributed by atoms with Crippen molar-refractivity contribution in [2.75, 3.05) is 13.2 Å². The second-order valence-corrected chi connectivity index (χ2v) is 6.07. The van der Waals surface area contributed by atoms with Gasteiger partial charge in [-0.25, -0.2) is 0 Å². The molecule has 0 aliphatic carbocycles. The van der Waals surface area contributed by atoms with Gasteiger partial charge in [-0.3, -0.25) is 9.59 Å². The van der Waals surface area contributed by atoms with Gasteiger partial charge in [0.15, 0.2) is 0 Å². The number of ketones is 1. The van der Waals surface area contributed by atoms with Gasteiger partial charge in [-0.2, -0.15) is 0 Å². The molecule has 0 aromatic heterocycles. The first-order valence-corrected chi connectivity index (χ1v) is 6.84. The smallest absolute Gasteiger partial charge is 0.292 e. The molecule has 0 aliphatic heterocycles. The van der Waals surface area contributed by atoms with Gasteiger partial charge in [0.25, 0.3) is 5.91 Å². The number of rotatable bonds is 6. The van der Waals surface area contributed by atoms with E-state index >= 15 is 0 Å². The van der Waals surface area contributed by atoms with Crippen molar-refractivity contribution in [1.29, 1.82) is 0 Å². The molecule has 0 aliphatic rings. The Bertz CT molecular complexity index is 454. The largest absolute Gasteiger partial charge is 0.396 e. The van der Waals surface area contributed by atoms with Crippen LogP contribution in [0.2, 0.25) is 0 Å². The van der Waals surface area contributed by atoms with Crippen molar-refractivity contribution < 1.29 is 14.7 Å². The van der Waals surface area contributed by atoms with E-state index in [1.54, 1.807) is 24.3 Å². The van der Waals surface area contributed by atoms with E-state index in [1.165, 1.54) is 0 Å². The van der Waals surface area contributed by atoms with E-state index < -0.39 is 11.7 Å². The predicted octanol–water partition coefficient (Wildman–Crippen LogP) is 2.16. The Morgan fingerprint density at radius 3 is 2.37 bits per heavy atom. The van der Waals surface area contributed by atoms with Crippen LogP contribution in [-0.4, -0.2) is 29.9 Å². The van der Waals surface area contributed by atoms with Crippen LogP contribution in [0.4, 0.5) is 0 Å². The summed E-state index contributed by atoms with van der Waals surface area (Å²) >= 11 is 3.27. The monoisotopic (exact) mass is 327 g/mol. The van der Waals surface area contributed by atoms with Gasteiger partial charge in [-0.1, -0.05) is 29.8 Å². The number of Topliss-reactive ketones (excluding diaryl/α,β-unsaturated/α-hetero) is 1. The van der Waals surface area contributed by atoms with Crippen LogP contribution in [0, 0.1) is 5.41 Å². The minimum Gasteiger partial charge on any atom is -0.396 e. The van der Waals surface area contributed by atoms with Gasteiger partial charge in [0.2, 0.25) is 5.78 Å². The molecule has 0 unspecified atom stereocenters. The maximum absolute atomic E-state index is 11.9. The predicted molar refractivity (Wildman–Crippen MR) is 77.0 cm³/mol. The molecule has 1 rings (SSSR count). The molecule has 0 radical (unpaired) electrons. The summed E-state index contributed by atoms with van der Waals surface area (Å²) < 4.78 is 0.855. The molecule has 5 heteroatoms. The lowest BCUT2D eigenvalue weighted by Crippen LogP contribution is -2.38. The topological polar surface area (TPSA) is 66.4 Å². The average molecular weight is 328 g/mol. The van der Waals surface area contributed by atoms with Crippen molar-refractivity contribution in [3.05, 3.63) is 34.3 Å². The molecule has 2 N–H and O–H groups in total. The van der Waals surface area contributed by atoms with E-state index in [1.807, 2.05) is 13.8 Å². The summed E-state index contributed by atoms with van der Waals surface area (Å²) in [6.07, 6.45) is 0.569. The van der Waals surface area contributed by atoms with E-state index in [0.29, 0.717) is 18.5 Å². The number of carbonyl (C=O) groups excluding carboxylic acids is 2. The number of aliphatic hydroxyl groups is 1. The molecule has 19 heavy (non-hydrogen) atoms. The van der Waals surface area contributed by atoms with Gasteiger partial charge in [0.05, 0.1) is 0 Å². The molecule has 1 aromatic rings. The third kappa shape index (κ3) is 5.12. The van der Waals surface area contributed by atoms with E-state index in [0.717, 1.165) is 4.47 Å². The molecular formula is C14H18BrNO3. The first kappa shape index (κ1) is 15.9. The molecule has 0 bridgehead atoms. The Morgan fingerprint density at radius 2 is 1.84 bits per heavy atom. The zero-order valence-electron chi connectivity index (χ0n) is 11.1. The molecule has 0 spiro atoms. The van der Waals surface area contributed by atoms with Gasteiger partial charge < -0.3 is 10.4 Å². The Morgan fingerprint density at radius 1 is 1.26 bits per heavy atom. The van der Waals surface area contributed by atoms with Gasteiger partial charge >= 0.3 is 0 Å². The number of hydrogen-bond donors (Lipinski definition) is 2. The fourth-order valence-corrected chi connectivity index (χ4v) is 1.79. The highest BCUT2D eigenvalue weighted by Gasteiger charge is 2.21. The fraction of sp³-hybridized carbons (Fsp3) is 0.429. The van der Waals surface area contributed by atoms with E-state index in [2.05, 4.69) is 21.2 Å². The van der Waals surface area contributed by atoms with Crippen LogP contribution in [0.15, 0.2) is 28.7 Å². The zero-order chi connectivity index (χ0) is 14.5. The van der Waals surface area contributed by atoms with Gasteiger partial charge in [0, 0.05) is 23.2 Å². The van der Waals surface area contributed by atoms with Crippen LogP contribution in [0.5, 0.6) is 0 Å². The molecule has 0 saturated carbocycles. The number of hydrogen-bond acceptors (Lipinski definition) is 3. The first-order valence-electron chi connectivity index (χ1n) is 6.05. The molecule has 104 valence electrons. The summed E-state index contributed by atoms with van der Waals surface area (Å²) in [5, 5.41) is 11.5. The van der Waals surface area contributed by atoms with Crippen LogP contribution in [0.1, 0.15) is 30.6 Å². The van der Waals surface area contributed by atoms with Crippen molar-refractivity contribution in [1.82, 2.24) is 5.32 Å². The summed E-state index contributed by atoms with van der Waals surface area (Å²) in [4.78, 5) is 23.6. The molecular weight excluding hydrogens is 310 g/mol. The minimum atomic E-state index is -0.617. The van der Waals surface area contributed by atoms with E-state index in [9.17, 15) is 9.59 Å². The number of benzene rings is 1. The van der Waals surface area contributed by atoms with Gasteiger partial charge in [-0.05, 0) is 36.1 Å². The highest BCUT2D eigenvalue weighted by Crippen LogP contribution is 2.18. The van der Waals surface area contributed by atoms with Crippen LogP contribution in [-0.2, 0) is 4.79 Å². The SMILES string of the molecule is CC(C)(CCO)CNC(=O)C(=O)c1ccc(Br)cc1. The molecule has 0 saturated heterocycles. The first-order chi connectivity index (χ1) is 8.85. The Balaban J connectivity index is 2.59. The van der Waals surface area contributed by atoms with Crippen LogP contribution >= 0.6 is 15.9 Å². The molecule has 1 amide bonds. The summed E-state index contributed by atoms with van der Waals surface area (Å²) in [5.74, 6) is -1.17. The third-order valence-electron chi connectivity index (χ3n) is 2.83. The molecule has 0 atom stereocenters. The molecule has 1 aromatic carbocycles. The lowest BCUT2D eigenvalue weighted by molar-refractivity contribution is -0.117. The lowest BCUT2D eigenvalue weighted by Gasteiger charge is -2.23. The van der Waals surface area contributed by atoms with Crippen molar-refractivity contribution in [3.63, 3.8) is 0 Å². The standard InChI is InChI=1S/C14H18BrNO3/c1-14(2,7-8-17)9-16-13(19)12(18)10-3-5-11(15)6-4-10/h3-6,17H,7-9H2,1-2H3,(H,16,19). The normalized spacial score (nSPS) is 11.2. The van der Waals surface area contributed by atoms with E-state index in [4.69, 9.17) is 5.11 Å². The Kier molecular flexibility index (Phi) is 5.69. The van der Waals surface area contributed by atoms with Gasteiger partial charge in [-0.15, -0.1) is 0 Å². The van der Waals surface area contributed by atoms with Gasteiger partial charge in [0.1, 0.15) is 0 Å². The van der Waals surface area contributed by atoms with Crippen LogP contribution in [0.25, 0.3) is 0 Å². The summed E-state index contributed by atoms with van der Waals surface area (Å²) in [7, 11) is 0. The second kappa shape index (κ2) is 6.82. The molecule has 4 nitrogen and oxygen atoms in total. The quantitative estimate of drug-likeness (QED) is 0.621. The van der Waals surface area contributed by atoms with Crippen molar-refractivity contribution in [3.8, 4) is 0 Å². The summed E-state index contributed by atoms with van der Waals surface area (Å²) in [6, 6.07) is 6.64. The second-order valence-electron chi connectivity index (χ2n) is 5.16. The Hall–Kier alpha value is -1.20. The third-order valence-corrected chi connectivity index (χ3v) is 3.36. The fourth-order valence-electron chi connectivity index (χ4n) is 1.52. The maximum atomic E-state index is 11.9. The zero-order valence-corrected chi connectivity index (χ0v) is 12.7. The van der Waals surface area contributed by atoms with Crippen molar-refractivity contribution in [2.45, 2.75) is 20.3 Å². The van der Waals surface area contributed by atoms with E-state index in [-0.39, 0.29) is 12.0 Å². The number of carbonyl (C=O) groups is 2. The van der Waals surface area contributed by atoms with Crippen LogP contribution < -0.4 is 5.32 Å². The highest BCUT2D eigenvalue weighted by molar-refractivity contribution is 9.10. The van der Waals surface area contributed by atoms with Crippen molar-refractivity contribution in [2.24, 2.45) is 5.41 Å². The maximum Gasteiger partial charge on any atom is 0.292 e. The summed E-state index contributed by atoms with van der Waals surface area (Å²) in [6.45, 7) is 4.26. The number of amides is 1. The summed E-state index contributed by atoms with van der Waals surface area (Å²) in [5.41, 5.74) is 0.130. The Labute approximate surface area is 121 Å². The highest BCUT2D eigenvalue weighted by atomic mass is 79.9.